The van der Waals surface area contributed by atoms with Crippen LogP contribution in [0.4, 0.5) is 29.0 Å². The number of aromatic nitrogens is 3. The van der Waals surface area contributed by atoms with Gasteiger partial charge in [0.25, 0.3) is 0 Å². The lowest BCUT2D eigenvalue weighted by Crippen LogP contribution is -2.43. The smallest absolute Gasteiger partial charge is 0.232 e. The SMILES string of the molecule is COc1cc(N2CCC(NCCSC)CC2)ccc1Nc1ncnc(Nc2ccccc2S(C)(=O)=O)n1. The molecule has 0 bridgehead atoms. The van der Waals surface area contributed by atoms with Crippen molar-refractivity contribution in [3.8, 4) is 5.75 Å². The fourth-order valence-corrected chi connectivity index (χ4v) is 5.40. The van der Waals surface area contributed by atoms with Gasteiger partial charge >= 0.3 is 0 Å². The van der Waals surface area contributed by atoms with E-state index in [1.807, 2.05) is 23.9 Å². The summed E-state index contributed by atoms with van der Waals surface area (Å²) in [6.45, 7) is 3.03. The number of benzene rings is 2. The van der Waals surface area contributed by atoms with Gasteiger partial charge in [0.2, 0.25) is 11.9 Å². The van der Waals surface area contributed by atoms with Gasteiger partial charge in [-0.3, -0.25) is 0 Å². The van der Waals surface area contributed by atoms with E-state index in [0.717, 1.165) is 50.2 Å². The molecule has 0 atom stereocenters. The van der Waals surface area contributed by atoms with Gasteiger partial charge < -0.3 is 25.6 Å². The zero-order valence-corrected chi connectivity index (χ0v) is 22.9. The molecule has 0 spiro atoms. The summed E-state index contributed by atoms with van der Waals surface area (Å²) in [6, 6.07) is 13.2. The molecule has 198 valence electrons. The van der Waals surface area contributed by atoms with Gasteiger partial charge in [0.05, 0.1) is 23.4 Å². The number of thioether (sulfide) groups is 1. The number of methoxy groups -OCH3 is 1. The summed E-state index contributed by atoms with van der Waals surface area (Å²) in [5.74, 6) is 2.34. The van der Waals surface area contributed by atoms with Crippen LogP contribution in [-0.4, -0.2) is 74.4 Å². The van der Waals surface area contributed by atoms with Crippen LogP contribution in [-0.2, 0) is 9.84 Å². The number of sulfone groups is 1. The van der Waals surface area contributed by atoms with Gasteiger partial charge in [-0.1, -0.05) is 12.1 Å². The molecule has 0 aliphatic carbocycles. The number of nitrogens with zero attached hydrogens (tertiary/aromatic N) is 4. The third-order valence-corrected chi connectivity index (χ3v) is 7.90. The van der Waals surface area contributed by atoms with Crippen LogP contribution in [0.15, 0.2) is 53.7 Å². The van der Waals surface area contributed by atoms with Crippen LogP contribution >= 0.6 is 11.8 Å². The minimum Gasteiger partial charge on any atom is -0.494 e. The molecular weight excluding hydrogens is 510 g/mol. The van der Waals surface area contributed by atoms with Crippen LogP contribution in [0, 0.1) is 0 Å². The van der Waals surface area contributed by atoms with E-state index in [1.165, 1.54) is 12.4 Å². The van der Waals surface area contributed by atoms with Crippen molar-refractivity contribution in [2.24, 2.45) is 0 Å². The van der Waals surface area contributed by atoms with Crippen LogP contribution in [0.2, 0.25) is 0 Å². The second-order valence-corrected chi connectivity index (χ2v) is 11.7. The molecule has 2 aromatic carbocycles. The normalized spacial score (nSPS) is 14.4. The first-order chi connectivity index (χ1) is 17.9. The first-order valence-electron chi connectivity index (χ1n) is 12.0. The highest BCUT2D eigenvalue weighted by Gasteiger charge is 2.20. The summed E-state index contributed by atoms with van der Waals surface area (Å²) in [6.07, 6.45) is 6.88. The maximum absolute atomic E-state index is 12.1. The molecule has 0 radical (unpaired) electrons. The van der Waals surface area contributed by atoms with Crippen molar-refractivity contribution in [1.29, 1.82) is 0 Å². The monoisotopic (exact) mass is 543 g/mol. The van der Waals surface area contributed by atoms with Crippen LogP contribution in [0.5, 0.6) is 5.75 Å². The first kappa shape index (κ1) is 27.0. The zero-order chi connectivity index (χ0) is 26.3. The van der Waals surface area contributed by atoms with Crippen molar-refractivity contribution >= 4 is 50.6 Å². The molecule has 3 N–H and O–H groups in total. The summed E-state index contributed by atoms with van der Waals surface area (Å²) in [4.78, 5) is 15.3. The average molecular weight is 544 g/mol. The molecule has 0 saturated carbocycles. The number of piperidine rings is 1. The quantitative estimate of drug-likeness (QED) is 0.307. The van der Waals surface area contributed by atoms with Crippen molar-refractivity contribution in [2.75, 3.05) is 60.5 Å². The van der Waals surface area contributed by atoms with Gasteiger partial charge in [-0.25, -0.2) is 18.4 Å². The maximum Gasteiger partial charge on any atom is 0.232 e. The number of hydrogen-bond acceptors (Lipinski definition) is 11. The molecule has 1 aromatic heterocycles. The largest absolute Gasteiger partial charge is 0.494 e. The van der Waals surface area contributed by atoms with E-state index in [0.29, 0.717) is 29.1 Å². The van der Waals surface area contributed by atoms with E-state index >= 15 is 0 Å². The molecule has 1 saturated heterocycles. The lowest BCUT2D eigenvalue weighted by atomic mass is 10.0. The number of ether oxygens (including phenoxy) is 1. The Labute approximate surface area is 222 Å². The fraction of sp³-hybridized carbons (Fsp3) is 0.400. The number of hydrogen-bond donors (Lipinski definition) is 3. The molecular formula is C25H33N7O3S2. The van der Waals surface area contributed by atoms with Crippen LogP contribution in [0.3, 0.4) is 0 Å². The highest BCUT2D eigenvalue weighted by Crippen LogP contribution is 2.33. The Morgan fingerprint density at radius 3 is 2.43 bits per heavy atom. The highest BCUT2D eigenvalue weighted by molar-refractivity contribution is 7.98. The molecule has 0 amide bonds. The third-order valence-electron chi connectivity index (χ3n) is 6.14. The van der Waals surface area contributed by atoms with E-state index in [-0.39, 0.29) is 10.8 Å². The molecule has 37 heavy (non-hydrogen) atoms. The Kier molecular flexibility index (Phi) is 9.06. The van der Waals surface area contributed by atoms with E-state index in [2.05, 4.69) is 48.1 Å². The van der Waals surface area contributed by atoms with Crippen molar-refractivity contribution in [3.05, 3.63) is 48.8 Å². The van der Waals surface area contributed by atoms with E-state index in [9.17, 15) is 8.42 Å². The molecule has 0 unspecified atom stereocenters. The van der Waals surface area contributed by atoms with Crippen molar-refractivity contribution < 1.29 is 13.2 Å². The van der Waals surface area contributed by atoms with Crippen molar-refractivity contribution in [3.63, 3.8) is 0 Å². The maximum atomic E-state index is 12.1. The van der Waals surface area contributed by atoms with Crippen LogP contribution in [0.1, 0.15) is 12.8 Å². The highest BCUT2D eigenvalue weighted by atomic mass is 32.2. The van der Waals surface area contributed by atoms with Crippen LogP contribution in [0.25, 0.3) is 0 Å². The summed E-state index contributed by atoms with van der Waals surface area (Å²) in [5.41, 5.74) is 2.22. The van der Waals surface area contributed by atoms with Gasteiger partial charge in [0.1, 0.15) is 12.1 Å². The van der Waals surface area contributed by atoms with Crippen molar-refractivity contribution in [1.82, 2.24) is 20.3 Å². The first-order valence-corrected chi connectivity index (χ1v) is 15.3. The minimum atomic E-state index is -3.42. The van der Waals surface area contributed by atoms with Gasteiger partial charge in [-0.2, -0.15) is 16.7 Å². The van der Waals surface area contributed by atoms with Gasteiger partial charge in [0.15, 0.2) is 9.84 Å². The lowest BCUT2D eigenvalue weighted by Gasteiger charge is -2.34. The molecule has 3 aromatic rings. The predicted octanol–water partition coefficient (Wildman–Crippen LogP) is 3.69. The van der Waals surface area contributed by atoms with E-state index < -0.39 is 9.84 Å². The molecule has 1 fully saturated rings. The van der Waals surface area contributed by atoms with Gasteiger partial charge in [-0.15, -0.1) is 0 Å². The number of nitrogens with one attached hydrogen (secondary N) is 3. The Morgan fingerprint density at radius 2 is 1.76 bits per heavy atom. The summed E-state index contributed by atoms with van der Waals surface area (Å²) < 4.78 is 29.9. The minimum absolute atomic E-state index is 0.168. The van der Waals surface area contributed by atoms with Crippen LogP contribution < -0.4 is 25.6 Å². The van der Waals surface area contributed by atoms with E-state index in [4.69, 9.17) is 4.74 Å². The molecule has 1 aliphatic heterocycles. The zero-order valence-electron chi connectivity index (χ0n) is 21.3. The summed E-state index contributed by atoms with van der Waals surface area (Å²) in [7, 11) is -1.78. The second-order valence-electron chi connectivity index (χ2n) is 8.74. The standard InChI is InChI=1S/C25H33N7O3S2/c1-35-22-16-19(32-13-10-18(11-14-32)26-12-15-36-2)8-9-20(22)29-24-27-17-28-25(31-24)30-21-6-4-5-7-23(21)37(3,33)34/h4-9,16-18,26H,10-15H2,1-3H3,(H2,27,28,29,30,31). The predicted molar refractivity (Wildman–Crippen MR) is 151 cm³/mol. The molecule has 1 aliphatic rings. The fourth-order valence-electron chi connectivity index (χ4n) is 4.24. The number of para-hydroxylation sites is 1. The molecule has 10 nitrogen and oxygen atoms in total. The Hall–Kier alpha value is -3.09. The van der Waals surface area contributed by atoms with E-state index in [1.54, 1.807) is 25.3 Å². The lowest BCUT2D eigenvalue weighted by molar-refractivity contribution is 0.414. The number of rotatable bonds is 11. The topological polar surface area (TPSA) is 121 Å². The van der Waals surface area contributed by atoms with Gasteiger partial charge in [0, 0.05) is 49.4 Å². The number of anilines is 5. The van der Waals surface area contributed by atoms with Gasteiger partial charge in [-0.05, 0) is 43.4 Å². The average Bonchev–Trinajstić information content (AvgIpc) is 2.89. The summed E-state index contributed by atoms with van der Waals surface area (Å²) in [5, 5.41) is 9.81. The van der Waals surface area contributed by atoms with Crippen molar-refractivity contribution in [2.45, 2.75) is 23.8 Å². The Balaban J connectivity index is 1.44. The Morgan fingerprint density at radius 1 is 1.05 bits per heavy atom. The second kappa shape index (κ2) is 12.4. The third kappa shape index (κ3) is 7.24. The molecule has 4 rings (SSSR count). The Bertz CT molecular complexity index is 1300. The summed E-state index contributed by atoms with van der Waals surface area (Å²) >= 11 is 1.87. The molecule has 12 heteroatoms. The molecule has 2 heterocycles.